The molecule has 0 fully saturated rings. The first kappa shape index (κ1) is 18.9. The molecule has 1 amide bonds. The molecule has 0 saturated heterocycles. The van der Waals surface area contributed by atoms with E-state index < -0.39 is 0 Å². The molecule has 8 heteroatoms. The van der Waals surface area contributed by atoms with Gasteiger partial charge < -0.3 is 10.1 Å². The molecule has 0 aliphatic carbocycles. The minimum absolute atomic E-state index is 0.101. The van der Waals surface area contributed by atoms with Gasteiger partial charge in [-0.05, 0) is 67.1 Å². The maximum Gasteiger partial charge on any atom is 0.237 e. The van der Waals surface area contributed by atoms with Gasteiger partial charge in [0.2, 0.25) is 11.1 Å². The Morgan fingerprint density at radius 1 is 1.22 bits per heavy atom. The van der Waals surface area contributed by atoms with Crippen molar-refractivity contribution >= 4 is 23.4 Å². The molecule has 1 N–H and O–H groups in total. The lowest BCUT2D eigenvalue weighted by molar-refractivity contribution is -0.115. The first-order valence-electron chi connectivity index (χ1n) is 8.63. The normalized spacial score (nSPS) is 11.8. The van der Waals surface area contributed by atoms with Crippen LogP contribution < -0.4 is 10.1 Å². The first-order valence-corrected chi connectivity index (χ1v) is 9.51. The molecule has 1 heterocycles. The quantitative estimate of drug-likeness (QED) is 0.629. The van der Waals surface area contributed by atoms with Gasteiger partial charge in [0.25, 0.3) is 0 Å². The minimum Gasteiger partial charge on any atom is -0.494 e. The number of para-hydroxylation sites is 1. The van der Waals surface area contributed by atoms with Crippen molar-refractivity contribution in [3.63, 3.8) is 0 Å². The highest BCUT2D eigenvalue weighted by atomic mass is 32.2. The largest absolute Gasteiger partial charge is 0.494 e. The lowest BCUT2D eigenvalue weighted by Gasteiger charge is -2.13. The number of amides is 1. The van der Waals surface area contributed by atoms with Crippen LogP contribution in [0.2, 0.25) is 0 Å². The zero-order valence-corrected chi connectivity index (χ0v) is 16.2. The Labute approximate surface area is 162 Å². The molecule has 7 nitrogen and oxygen atoms in total. The maximum atomic E-state index is 12.5. The van der Waals surface area contributed by atoms with Crippen molar-refractivity contribution in [3.05, 3.63) is 54.1 Å². The van der Waals surface area contributed by atoms with Crippen LogP contribution in [0, 0.1) is 6.92 Å². The number of carbonyl (C=O) groups excluding carboxylic acids is 1. The monoisotopic (exact) mass is 383 g/mol. The van der Waals surface area contributed by atoms with E-state index in [1.165, 1.54) is 11.8 Å². The van der Waals surface area contributed by atoms with E-state index in [9.17, 15) is 4.79 Å². The van der Waals surface area contributed by atoms with Gasteiger partial charge in [-0.2, -0.15) is 4.68 Å². The molecular weight excluding hydrogens is 362 g/mol. The second-order valence-corrected chi connectivity index (χ2v) is 7.17. The summed E-state index contributed by atoms with van der Waals surface area (Å²) in [5.74, 6) is 0.685. The van der Waals surface area contributed by atoms with Crippen LogP contribution in [0.3, 0.4) is 0 Å². The molecule has 27 heavy (non-hydrogen) atoms. The Kier molecular flexibility index (Phi) is 6.08. The summed E-state index contributed by atoms with van der Waals surface area (Å²) in [4.78, 5) is 12.5. The Morgan fingerprint density at radius 2 is 1.96 bits per heavy atom. The van der Waals surface area contributed by atoms with Gasteiger partial charge >= 0.3 is 0 Å². The fourth-order valence-electron chi connectivity index (χ4n) is 2.42. The lowest BCUT2D eigenvalue weighted by Crippen LogP contribution is -2.23. The number of nitrogens with one attached hydrogen (secondary N) is 1. The van der Waals surface area contributed by atoms with E-state index in [0.29, 0.717) is 11.8 Å². The van der Waals surface area contributed by atoms with Crippen molar-refractivity contribution in [2.24, 2.45) is 0 Å². The number of tetrazole rings is 1. The number of rotatable bonds is 7. The molecule has 2 aromatic carbocycles. The van der Waals surface area contributed by atoms with Crippen LogP contribution in [0.5, 0.6) is 5.75 Å². The average molecular weight is 383 g/mol. The Morgan fingerprint density at radius 3 is 2.67 bits per heavy atom. The molecule has 0 saturated carbocycles. The number of carbonyl (C=O) groups is 1. The van der Waals surface area contributed by atoms with Crippen LogP contribution in [0.4, 0.5) is 5.69 Å². The highest BCUT2D eigenvalue weighted by Crippen LogP contribution is 2.25. The van der Waals surface area contributed by atoms with Crippen molar-refractivity contribution in [2.45, 2.75) is 31.2 Å². The number of aromatic nitrogens is 4. The zero-order chi connectivity index (χ0) is 19.2. The van der Waals surface area contributed by atoms with E-state index in [1.807, 2.05) is 69.3 Å². The minimum atomic E-state index is -0.364. The number of thioether (sulfide) groups is 1. The number of hydrogen-bond acceptors (Lipinski definition) is 6. The number of ether oxygens (including phenoxy) is 1. The standard InChI is InChI=1S/C19H21N5O2S/c1-4-26-16-11-9-15(10-12-16)24-19(21-22-23-24)27-14(3)18(25)20-17-8-6-5-7-13(17)2/h5-12,14H,4H2,1-3H3,(H,20,25). The molecular formula is C19H21N5O2S. The van der Waals surface area contributed by atoms with Crippen molar-refractivity contribution in [1.29, 1.82) is 0 Å². The molecule has 1 atom stereocenters. The fraction of sp³-hybridized carbons (Fsp3) is 0.263. The molecule has 140 valence electrons. The molecule has 0 aliphatic rings. The second-order valence-electron chi connectivity index (χ2n) is 5.86. The molecule has 3 aromatic rings. The van der Waals surface area contributed by atoms with Crippen molar-refractivity contribution < 1.29 is 9.53 Å². The second kappa shape index (κ2) is 8.68. The molecule has 3 rings (SSSR count). The summed E-state index contributed by atoms with van der Waals surface area (Å²) < 4.78 is 7.06. The van der Waals surface area contributed by atoms with Gasteiger partial charge in [-0.1, -0.05) is 30.0 Å². The van der Waals surface area contributed by atoms with Crippen LogP contribution in [0.15, 0.2) is 53.7 Å². The van der Waals surface area contributed by atoms with Crippen molar-refractivity contribution in [1.82, 2.24) is 20.2 Å². The summed E-state index contributed by atoms with van der Waals surface area (Å²) in [6, 6.07) is 15.2. The summed E-state index contributed by atoms with van der Waals surface area (Å²) in [6.07, 6.45) is 0. The van der Waals surface area contributed by atoms with E-state index in [4.69, 9.17) is 4.74 Å². The summed E-state index contributed by atoms with van der Waals surface area (Å²) in [7, 11) is 0. The lowest BCUT2D eigenvalue weighted by atomic mass is 10.2. The first-order chi connectivity index (χ1) is 13.1. The molecule has 1 unspecified atom stereocenters. The van der Waals surface area contributed by atoms with Gasteiger partial charge in [0.05, 0.1) is 17.5 Å². The Hall–Kier alpha value is -2.87. The Bertz CT molecular complexity index is 910. The molecule has 1 aromatic heterocycles. The average Bonchev–Trinajstić information content (AvgIpc) is 3.12. The molecule has 0 bridgehead atoms. The van der Waals surface area contributed by atoms with E-state index >= 15 is 0 Å². The molecule has 0 spiro atoms. The third-order valence-corrected chi connectivity index (χ3v) is 4.92. The summed E-state index contributed by atoms with van der Waals surface area (Å²) in [6.45, 7) is 6.33. The summed E-state index contributed by atoms with van der Waals surface area (Å²) in [5, 5.41) is 15.0. The van der Waals surface area contributed by atoms with Gasteiger partial charge in [0.15, 0.2) is 0 Å². The van der Waals surface area contributed by atoms with Crippen LogP contribution in [-0.4, -0.2) is 38.0 Å². The highest BCUT2D eigenvalue weighted by molar-refractivity contribution is 8.00. The topological polar surface area (TPSA) is 81.9 Å². The van der Waals surface area contributed by atoms with E-state index in [0.717, 1.165) is 22.7 Å². The smallest absolute Gasteiger partial charge is 0.237 e. The number of benzene rings is 2. The third-order valence-electron chi connectivity index (χ3n) is 3.89. The Balaban J connectivity index is 1.70. The van der Waals surface area contributed by atoms with E-state index in [2.05, 4.69) is 20.8 Å². The fourth-order valence-corrected chi connectivity index (χ4v) is 3.23. The highest BCUT2D eigenvalue weighted by Gasteiger charge is 2.19. The predicted octanol–water partition coefficient (Wildman–Crippen LogP) is 3.49. The molecule has 0 aliphatic heterocycles. The SMILES string of the molecule is CCOc1ccc(-n2nnnc2SC(C)C(=O)Nc2ccccc2C)cc1. The van der Waals surface area contributed by atoms with Gasteiger partial charge in [0, 0.05) is 5.69 Å². The van der Waals surface area contributed by atoms with Crippen molar-refractivity contribution in [3.8, 4) is 11.4 Å². The van der Waals surface area contributed by atoms with Gasteiger partial charge in [0.1, 0.15) is 5.75 Å². The zero-order valence-electron chi connectivity index (χ0n) is 15.4. The number of anilines is 1. The number of aryl methyl sites for hydroxylation is 1. The van der Waals surface area contributed by atoms with Crippen LogP contribution in [0.1, 0.15) is 19.4 Å². The van der Waals surface area contributed by atoms with Crippen LogP contribution >= 0.6 is 11.8 Å². The number of hydrogen-bond donors (Lipinski definition) is 1. The maximum absolute atomic E-state index is 12.5. The summed E-state index contributed by atoms with van der Waals surface area (Å²) in [5.41, 5.74) is 2.63. The van der Waals surface area contributed by atoms with E-state index in [1.54, 1.807) is 4.68 Å². The van der Waals surface area contributed by atoms with Gasteiger partial charge in [-0.15, -0.1) is 5.10 Å². The van der Waals surface area contributed by atoms with Crippen LogP contribution in [-0.2, 0) is 4.79 Å². The summed E-state index contributed by atoms with van der Waals surface area (Å²) >= 11 is 1.30. The predicted molar refractivity (Wildman–Crippen MR) is 105 cm³/mol. The molecule has 0 radical (unpaired) electrons. The number of nitrogens with zero attached hydrogens (tertiary/aromatic N) is 4. The van der Waals surface area contributed by atoms with Gasteiger partial charge in [-0.25, -0.2) is 0 Å². The third kappa shape index (κ3) is 4.65. The van der Waals surface area contributed by atoms with E-state index in [-0.39, 0.29) is 11.2 Å². The van der Waals surface area contributed by atoms with Crippen molar-refractivity contribution in [2.75, 3.05) is 11.9 Å². The van der Waals surface area contributed by atoms with Crippen LogP contribution in [0.25, 0.3) is 5.69 Å². The van der Waals surface area contributed by atoms with Gasteiger partial charge in [-0.3, -0.25) is 4.79 Å².